The zero-order valence-corrected chi connectivity index (χ0v) is 39.9. The molecule has 0 spiro atoms. The molecule has 3 aromatic rings. The first-order valence-corrected chi connectivity index (χ1v) is 23.2. The fourth-order valence-electron chi connectivity index (χ4n) is 7.94. The smallest absolute Gasteiger partial charge is 0.252 e. The lowest BCUT2D eigenvalue weighted by atomic mass is 9.93. The van der Waals surface area contributed by atoms with E-state index < -0.39 is 53.7 Å². The third-order valence-corrected chi connectivity index (χ3v) is 11.7. The standard InChI is InChI=1S/C50H69N9O8/c1-7-8-9-10-11-12-13-34-14-17-37(32(2)28-34)47(62)56-40(18-21-44(60)58(4)5)50(65)59(6)45-36-16-20-43(67-27-24-53)39(31-36)38-29-35(15-19-42(38)66-26-23-52)30-41(48(63)54-25-22-51)57-46(61)33(3)55-49(45)64/h14-17,19-20,28-29,31,33,40-41,45H,7-13,18,21,23-27,30,52-53H2,1-6H3,(H,54,63)(H,55,64)(H,56,62)(H,57,61)/t33-,40-,41-,45-/m0/s1. The van der Waals surface area contributed by atoms with Crippen LogP contribution in [0.4, 0.5) is 0 Å². The molecule has 0 saturated heterocycles. The van der Waals surface area contributed by atoms with E-state index in [1.54, 1.807) is 56.6 Å². The van der Waals surface area contributed by atoms with Gasteiger partial charge < -0.3 is 52.0 Å². The molecule has 8 N–H and O–H groups in total. The molecule has 67 heavy (non-hydrogen) atoms. The van der Waals surface area contributed by atoms with E-state index in [4.69, 9.17) is 20.9 Å². The minimum absolute atomic E-state index is 0.00131. The van der Waals surface area contributed by atoms with Crippen LogP contribution in [0, 0.1) is 18.3 Å². The molecule has 0 unspecified atom stereocenters. The molecule has 362 valence electrons. The Labute approximate surface area is 394 Å². The summed E-state index contributed by atoms with van der Waals surface area (Å²) in [6.07, 6.45) is 7.68. The van der Waals surface area contributed by atoms with E-state index in [0.29, 0.717) is 39.3 Å². The molecule has 4 atom stereocenters. The fourth-order valence-corrected chi connectivity index (χ4v) is 7.94. The van der Waals surface area contributed by atoms with Crippen LogP contribution >= 0.6 is 0 Å². The maximum absolute atomic E-state index is 14.9. The number of ether oxygens (including phenoxy) is 2. The monoisotopic (exact) mass is 924 g/mol. The van der Waals surface area contributed by atoms with Crippen LogP contribution in [0.15, 0.2) is 54.6 Å². The summed E-state index contributed by atoms with van der Waals surface area (Å²) < 4.78 is 12.2. The van der Waals surface area contributed by atoms with Gasteiger partial charge >= 0.3 is 0 Å². The minimum atomic E-state index is -1.42. The number of nitrogens with zero attached hydrogens (tertiary/aromatic N) is 3. The minimum Gasteiger partial charge on any atom is -0.492 e. The van der Waals surface area contributed by atoms with E-state index >= 15 is 0 Å². The SMILES string of the molecule is CCCCCCCCc1ccc(C(=O)N[C@@H](CCC(=O)N(C)C)C(=O)N(C)[C@@H]2C(=O)N[C@@H](C)C(=O)N[C@H](C(=O)NCC#N)Cc3ccc(OCCN)c(c3)-c3cc2ccc3OCCN)c(C)c1. The number of nitrogens with one attached hydrogen (secondary N) is 4. The van der Waals surface area contributed by atoms with E-state index in [1.807, 2.05) is 25.1 Å². The second-order valence-electron chi connectivity index (χ2n) is 17.1. The third-order valence-electron chi connectivity index (χ3n) is 11.7. The number of hydrogen-bond donors (Lipinski definition) is 6. The van der Waals surface area contributed by atoms with E-state index in [0.717, 1.165) is 30.4 Å². The molecular formula is C50H69N9O8. The number of fused-ring (bicyclic) bond motifs is 5. The van der Waals surface area contributed by atoms with Crippen LogP contribution < -0.4 is 42.2 Å². The summed E-state index contributed by atoms with van der Waals surface area (Å²) in [6, 6.07) is 12.6. The van der Waals surface area contributed by atoms with Gasteiger partial charge in [0.2, 0.25) is 29.5 Å². The maximum Gasteiger partial charge on any atom is 0.252 e. The Morgan fingerprint density at radius 2 is 1.52 bits per heavy atom. The zero-order valence-electron chi connectivity index (χ0n) is 39.9. The molecular weight excluding hydrogens is 855 g/mol. The number of hydrogen-bond acceptors (Lipinski definition) is 11. The highest BCUT2D eigenvalue weighted by atomic mass is 16.5. The first kappa shape index (κ1) is 53.1. The highest BCUT2D eigenvalue weighted by molar-refractivity contribution is 6.00. The number of aryl methyl sites for hydroxylation is 2. The predicted molar refractivity (Wildman–Crippen MR) is 256 cm³/mol. The van der Waals surface area contributed by atoms with Crippen molar-refractivity contribution in [3.8, 4) is 28.7 Å². The Hall–Kier alpha value is -6.51. The Morgan fingerprint density at radius 3 is 2.16 bits per heavy atom. The molecule has 0 radical (unpaired) electrons. The summed E-state index contributed by atoms with van der Waals surface area (Å²) in [6.45, 7) is 5.83. The van der Waals surface area contributed by atoms with Crippen molar-refractivity contribution in [2.24, 2.45) is 11.5 Å². The average Bonchev–Trinajstić information content (AvgIpc) is 3.31. The lowest BCUT2D eigenvalue weighted by molar-refractivity contribution is -0.142. The van der Waals surface area contributed by atoms with Crippen molar-refractivity contribution in [3.05, 3.63) is 82.4 Å². The van der Waals surface area contributed by atoms with Crippen LogP contribution in [-0.4, -0.2) is 117 Å². The second-order valence-corrected chi connectivity index (χ2v) is 17.1. The number of nitriles is 1. The van der Waals surface area contributed by atoms with Crippen LogP contribution in [0.1, 0.15) is 104 Å². The van der Waals surface area contributed by atoms with Crippen molar-refractivity contribution in [1.29, 1.82) is 5.26 Å². The van der Waals surface area contributed by atoms with Gasteiger partial charge in [0.15, 0.2) is 0 Å². The van der Waals surface area contributed by atoms with Gasteiger partial charge in [0.1, 0.15) is 55.4 Å². The summed E-state index contributed by atoms with van der Waals surface area (Å²) >= 11 is 0. The highest BCUT2D eigenvalue weighted by Gasteiger charge is 2.36. The van der Waals surface area contributed by atoms with Gasteiger partial charge in [-0.1, -0.05) is 63.3 Å². The van der Waals surface area contributed by atoms with Gasteiger partial charge in [-0.05, 0) is 85.7 Å². The topological polar surface area (TPSA) is 251 Å². The number of unbranched alkanes of at least 4 members (excludes halogenated alkanes) is 5. The molecule has 0 aromatic heterocycles. The summed E-state index contributed by atoms with van der Waals surface area (Å²) in [5, 5.41) is 20.0. The number of amides is 6. The number of nitrogens with two attached hydrogens (primary N) is 2. The second kappa shape index (κ2) is 26.6. The summed E-state index contributed by atoms with van der Waals surface area (Å²) in [5.74, 6) is -2.79. The van der Waals surface area contributed by atoms with Crippen molar-refractivity contribution < 1.29 is 38.2 Å². The van der Waals surface area contributed by atoms with E-state index in [9.17, 15) is 34.0 Å². The van der Waals surface area contributed by atoms with Crippen LogP contribution in [0.2, 0.25) is 0 Å². The average molecular weight is 924 g/mol. The lowest BCUT2D eigenvalue weighted by Gasteiger charge is -2.33. The fraction of sp³-hybridized carbons (Fsp3) is 0.500. The van der Waals surface area contributed by atoms with Gasteiger partial charge in [-0.15, -0.1) is 0 Å². The van der Waals surface area contributed by atoms with Gasteiger partial charge in [0.05, 0.1) is 6.07 Å². The molecule has 4 bridgehead atoms. The summed E-state index contributed by atoms with van der Waals surface area (Å²) in [5.41, 5.74) is 15.8. The van der Waals surface area contributed by atoms with Gasteiger partial charge in [0, 0.05) is 63.8 Å². The normalized spacial score (nSPS) is 16.3. The quantitative estimate of drug-likeness (QED) is 0.0628. The molecule has 1 heterocycles. The number of rotatable bonds is 22. The van der Waals surface area contributed by atoms with E-state index in [1.165, 1.54) is 49.5 Å². The molecule has 0 saturated carbocycles. The molecule has 17 nitrogen and oxygen atoms in total. The van der Waals surface area contributed by atoms with Crippen molar-refractivity contribution in [2.45, 2.75) is 109 Å². The van der Waals surface area contributed by atoms with Crippen LogP contribution in [0.5, 0.6) is 11.5 Å². The molecule has 0 aliphatic carbocycles. The van der Waals surface area contributed by atoms with Crippen LogP contribution in [0.25, 0.3) is 11.1 Å². The lowest BCUT2D eigenvalue weighted by Crippen LogP contribution is -2.56. The van der Waals surface area contributed by atoms with Crippen LogP contribution in [0.3, 0.4) is 0 Å². The third kappa shape index (κ3) is 15.3. The summed E-state index contributed by atoms with van der Waals surface area (Å²) in [7, 11) is 4.61. The molecule has 1 aliphatic rings. The number of benzene rings is 3. The molecule has 4 rings (SSSR count). The predicted octanol–water partition coefficient (Wildman–Crippen LogP) is 3.59. The Bertz CT molecular complexity index is 2240. The first-order chi connectivity index (χ1) is 32.1. The van der Waals surface area contributed by atoms with Gasteiger partial charge in [-0.2, -0.15) is 5.26 Å². The van der Waals surface area contributed by atoms with E-state index in [-0.39, 0.29) is 58.0 Å². The molecule has 1 aliphatic heterocycles. The Balaban J connectivity index is 1.81. The highest BCUT2D eigenvalue weighted by Crippen LogP contribution is 2.40. The molecule has 6 amide bonds. The molecule has 3 aromatic carbocycles. The maximum atomic E-state index is 14.9. The van der Waals surface area contributed by atoms with Gasteiger partial charge in [-0.25, -0.2) is 0 Å². The van der Waals surface area contributed by atoms with Crippen molar-refractivity contribution in [1.82, 2.24) is 31.1 Å². The van der Waals surface area contributed by atoms with Crippen molar-refractivity contribution in [3.63, 3.8) is 0 Å². The largest absolute Gasteiger partial charge is 0.492 e. The Morgan fingerprint density at radius 1 is 0.866 bits per heavy atom. The number of carbonyl (C=O) groups is 6. The van der Waals surface area contributed by atoms with Gasteiger partial charge in [-0.3, -0.25) is 28.8 Å². The van der Waals surface area contributed by atoms with Crippen molar-refractivity contribution in [2.75, 3.05) is 54.0 Å². The van der Waals surface area contributed by atoms with Crippen molar-refractivity contribution >= 4 is 35.4 Å². The number of likely N-dealkylation sites (N-methyl/N-ethyl adjacent to an activating group) is 1. The van der Waals surface area contributed by atoms with E-state index in [2.05, 4.69) is 28.2 Å². The molecule has 17 heteroatoms. The summed E-state index contributed by atoms with van der Waals surface area (Å²) in [4.78, 5) is 86.4. The Kier molecular flexibility index (Phi) is 21.1. The molecule has 0 fully saturated rings. The van der Waals surface area contributed by atoms with Gasteiger partial charge in [0.25, 0.3) is 5.91 Å². The van der Waals surface area contributed by atoms with Crippen LogP contribution in [-0.2, 0) is 36.8 Å². The number of carbonyl (C=O) groups excluding carboxylic acids is 6. The zero-order chi connectivity index (χ0) is 49.0. The first-order valence-electron chi connectivity index (χ1n) is 23.2.